The fraction of sp³-hybridized carbons (Fsp3) is 0.533. The minimum absolute atomic E-state index is 0.895. The molecule has 2 aromatic rings. The first kappa shape index (κ1) is 13.1. The lowest BCUT2D eigenvalue weighted by Crippen LogP contribution is -1.97. The second-order valence-corrected chi connectivity index (χ2v) is 4.68. The average molecular weight is 246 g/mol. The number of rotatable bonds is 8. The van der Waals surface area contributed by atoms with Gasteiger partial charge in [0, 0.05) is 13.2 Å². The molecule has 0 fully saturated rings. The van der Waals surface area contributed by atoms with Crippen LogP contribution in [0.1, 0.15) is 38.2 Å². The SMILES string of the molecule is CCCCOCCCCc1ccc2nc[nH]c2c1. The molecule has 18 heavy (non-hydrogen) atoms. The summed E-state index contributed by atoms with van der Waals surface area (Å²) in [6, 6.07) is 6.44. The molecule has 0 amide bonds. The molecule has 0 saturated heterocycles. The molecule has 0 atom stereocenters. The van der Waals surface area contributed by atoms with Gasteiger partial charge in [-0.15, -0.1) is 0 Å². The molecule has 0 aliphatic heterocycles. The third-order valence-electron chi connectivity index (χ3n) is 3.13. The maximum Gasteiger partial charge on any atom is 0.0931 e. The number of benzene rings is 1. The van der Waals surface area contributed by atoms with Crippen molar-refractivity contribution in [2.75, 3.05) is 13.2 Å². The van der Waals surface area contributed by atoms with Crippen LogP contribution < -0.4 is 0 Å². The van der Waals surface area contributed by atoms with Gasteiger partial charge in [0.1, 0.15) is 0 Å². The van der Waals surface area contributed by atoms with E-state index in [9.17, 15) is 0 Å². The van der Waals surface area contributed by atoms with Gasteiger partial charge in [-0.25, -0.2) is 4.98 Å². The molecule has 0 radical (unpaired) electrons. The Morgan fingerprint density at radius 3 is 2.94 bits per heavy atom. The van der Waals surface area contributed by atoms with E-state index in [0.29, 0.717) is 0 Å². The number of aryl methyl sites for hydroxylation is 1. The van der Waals surface area contributed by atoms with E-state index < -0.39 is 0 Å². The average Bonchev–Trinajstić information content (AvgIpc) is 2.85. The number of imidazole rings is 1. The third-order valence-corrected chi connectivity index (χ3v) is 3.13. The fourth-order valence-electron chi connectivity index (χ4n) is 2.02. The van der Waals surface area contributed by atoms with Crippen LogP contribution in [-0.2, 0) is 11.2 Å². The summed E-state index contributed by atoms with van der Waals surface area (Å²) < 4.78 is 5.55. The van der Waals surface area contributed by atoms with Crippen molar-refractivity contribution in [2.45, 2.75) is 39.0 Å². The molecule has 0 bridgehead atoms. The van der Waals surface area contributed by atoms with E-state index in [-0.39, 0.29) is 0 Å². The van der Waals surface area contributed by atoms with Gasteiger partial charge in [0.2, 0.25) is 0 Å². The van der Waals surface area contributed by atoms with Gasteiger partial charge in [0.25, 0.3) is 0 Å². The Labute approximate surface area is 109 Å². The van der Waals surface area contributed by atoms with Crippen molar-refractivity contribution in [1.82, 2.24) is 9.97 Å². The van der Waals surface area contributed by atoms with Crippen molar-refractivity contribution in [3.63, 3.8) is 0 Å². The number of ether oxygens (including phenoxy) is 1. The minimum atomic E-state index is 0.895. The topological polar surface area (TPSA) is 37.9 Å². The molecule has 1 aromatic heterocycles. The third kappa shape index (κ3) is 3.84. The number of H-pyrrole nitrogens is 1. The maximum atomic E-state index is 5.55. The van der Waals surface area contributed by atoms with E-state index in [1.54, 1.807) is 6.33 Å². The Bertz CT molecular complexity index is 464. The second kappa shape index (κ2) is 7.17. The summed E-state index contributed by atoms with van der Waals surface area (Å²) in [6.07, 6.45) is 7.58. The van der Waals surface area contributed by atoms with Crippen LogP contribution in [0.25, 0.3) is 11.0 Å². The molecule has 3 nitrogen and oxygen atoms in total. The number of aromatic amines is 1. The van der Waals surface area contributed by atoms with Gasteiger partial charge >= 0.3 is 0 Å². The Morgan fingerprint density at radius 2 is 2.06 bits per heavy atom. The van der Waals surface area contributed by atoms with Gasteiger partial charge in [-0.3, -0.25) is 0 Å². The molecule has 0 spiro atoms. The molecule has 98 valence electrons. The monoisotopic (exact) mass is 246 g/mol. The smallest absolute Gasteiger partial charge is 0.0931 e. The molecule has 2 rings (SSSR count). The standard InChI is InChI=1S/C15H22N2O/c1-2-3-9-18-10-5-4-6-13-7-8-14-15(11-13)17-12-16-14/h7-8,11-12H,2-6,9-10H2,1H3,(H,16,17). The highest BCUT2D eigenvalue weighted by Gasteiger charge is 1.98. The number of nitrogens with zero attached hydrogens (tertiary/aromatic N) is 1. The normalized spacial score (nSPS) is 11.2. The van der Waals surface area contributed by atoms with Crippen LogP contribution in [0.2, 0.25) is 0 Å². The number of unbranched alkanes of at least 4 members (excludes halogenated alkanes) is 2. The summed E-state index contributed by atoms with van der Waals surface area (Å²) >= 11 is 0. The van der Waals surface area contributed by atoms with Crippen LogP contribution >= 0.6 is 0 Å². The van der Waals surface area contributed by atoms with Crippen LogP contribution in [0.4, 0.5) is 0 Å². The number of fused-ring (bicyclic) bond motifs is 1. The van der Waals surface area contributed by atoms with Gasteiger partial charge < -0.3 is 9.72 Å². The van der Waals surface area contributed by atoms with Crippen LogP contribution in [-0.4, -0.2) is 23.2 Å². The van der Waals surface area contributed by atoms with E-state index in [0.717, 1.165) is 37.1 Å². The van der Waals surface area contributed by atoms with Crippen molar-refractivity contribution in [3.8, 4) is 0 Å². The first-order valence-corrected chi connectivity index (χ1v) is 6.90. The Kier molecular flexibility index (Phi) is 5.21. The molecular weight excluding hydrogens is 224 g/mol. The Morgan fingerprint density at radius 1 is 1.17 bits per heavy atom. The molecule has 1 aromatic carbocycles. The molecule has 0 unspecified atom stereocenters. The minimum Gasteiger partial charge on any atom is -0.381 e. The van der Waals surface area contributed by atoms with Crippen molar-refractivity contribution in [3.05, 3.63) is 30.1 Å². The summed E-state index contributed by atoms with van der Waals surface area (Å²) in [5.74, 6) is 0. The van der Waals surface area contributed by atoms with Gasteiger partial charge in [-0.1, -0.05) is 19.4 Å². The summed E-state index contributed by atoms with van der Waals surface area (Å²) in [5, 5.41) is 0. The van der Waals surface area contributed by atoms with Crippen LogP contribution in [0, 0.1) is 0 Å². The van der Waals surface area contributed by atoms with Gasteiger partial charge in [0.05, 0.1) is 17.4 Å². The van der Waals surface area contributed by atoms with Crippen molar-refractivity contribution in [1.29, 1.82) is 0 Å². The first-order chi connectivity index (χ1) is 8.90. The fourth-order valence-corrected chi connectivity index (χ4v) is 2.02. The van der Waals surface area contributed by atoms with Gasteiger partial charge in [-0.2, -0.15) is 0 Å². The second-order valence-electron chi connectivity index (χ2n) is 4.68. The zero-order chi connectivity index (χ0) is 12.6. The van der Waals surface area contributed by atoms with E-state index >= 15 is 0 Å². The predicted octanol–water partition coefficient (Wildman–Crippen LogP) is 3.70. The lowest BCUT2D eigenvalue weighted by Gasteiger charge is -2.04. The molecule has 0 saturated carbocycles. The molecular formula is C15H22N2O. The maximum absolute atomic E-state index is 5.55. The van der Waals surface area contributed by atoms with E-state index in [4.69, 9.17) is 4.74 Å². The molecule has 0 aliphatic rings. The highest BCUT2D eigenvalue weighted by Crippen LogP contribution is 2.13. The van der Waals surface area contributed by atoms with E-state index in [1.807, 2.05) is 0 Å². The quantitative estimate of drug-likeness (QED) is 0.721. The van der Waals surface area contributed by atoms with Crippen molar-refractivity contribution < 1.29 is 4.74 Å². The van der Waals surface area contributed by atoms with Gasteiger partial charge in [0.15, 0.2) is 0 Å². The summed E-state index contributed by atoms with van der Waals surface area (Å²) in [7, 11) is 0. The van der Waals surface area contributed by atoms with Crippen molar-refractivity contribution >= 4 is 11.0 Å². The lowest BCUT2D eigenvalue weighted by molar-refractivity contribution is 0.127. The zero-order valence-corrected chi connectivity index (χ0v) is 11.1. The van der Waals surface area contributed by atoms with E-state index in [1.165, 1.54) is 24.8 Å². The molecule has 3 heteroatoms. The van der Waals surface area contributed by atoms with Gasteiger partial charge in [-0.05, 0) is 43.4 Å². The first-order valence-electron chi connectivity index (χ1n) is 6.90. The van der Waals surface area contributed by atoms with Crippen LogP contribution in [0.15, 0.2) is 24.5 Å². The molecule has 1 heterocycles. The Hall–Kier alpha value is -1.35. The van der Waals surface area contributed by atoms with Crippen molar-refractivity contribution in [2.24, 2.45) is 0 Å². The molecule has 0 aliphatic carbocycles. The van der Waals surface area contributed by atoms with Crippen LogP contribution in [0.3, 0.4) is 0 Å². The van der Waals surface area contributed by atoms with Crippen LogP contribution in [0.5, 0.6) is 0 Å². The highest BCUT2D eigenvalue weighted by molar-refractivity contribution is 5.74. The number of hydrogen-bond acceptors (Lipinski definition) is 2. The number of nitrogens with one attached hydrogen (secondary N) is 1. The lowest BCUT2D eigenvalue weighted by atomic mass is 10.1. The number of hydrogen-bond donors (Lipinski definition) is 1. The predicted molar refractivity (Wildman–Crippen MR) is 74.8 cm³/mol. The Balaban J connectivity index is 1.67. The highest BCUT2D eigenvalue weighted by atomic mass is 16.5. The summed E-state index contributed by atoms with van der Waals surface area (Å²) in [6.45, 7) is 4.00. The summed E-state index contributed by atoms with van der Waals surface area (Å²) in [4.78, 5) is 7.37. The zero-order valence-electron chi connectivity index (χ0n) is 11.1. The number of aromatic nitrogens is 2. The van der Waals surface area contributed by atoms with E-state index in [2.05, 4.69) is 35.1 Å². The summed E-state index contributed by atoms with van der Waals surface area (Å²) in [5.41, 5.74) is 3.55. The molecule has 1 N–H and O–H groups in total. The largest absolute Gasteiger partial charge is 0.381 e.